The normalized spacial score (nSPS) is 9.73. The van der Waals surface area contributed by atoms with E-state index in [2.05, 4.69) is 0 Å². The molecule has 0 spiro atoms. The largest absolute Gasteiger partial charge is 0.426 e. The molecule has 1 aromatic rings. The molecule has 0 aromatic heterocycles. The van der Waals surface area contributed by atoms with Gasteiger partial charge >= 0.3 is 0 Å². The lowest BCUT2D eigenvalue weighted by Crippen LogP contribution is -1.84. The third-order valence-corrected chi connectivity index (χ3v) is 1.67. The van der Waals surface area contributed by atoms with E-state index in [-0.39, 0.29) is 5.82 Å². The summed E-state index contributed by atoms with van der Waals surface area (Å²) < 4.78 is 17.8. The molecule has 0 bridgehead atoms. The Labute approximate surface area is 69.8 Å². The molecular formula is C8H9FOS. The zero-order valence-corrected chi connectivity index (χ0v) is 7.24. The molecule has 0 radical (unpaired) electrons. The van der Waals surface area contributed by atoms with Gasteiger partial charge in [0.1, 0.15) is 11.6 Å². The van der Waals surface area contributed by atoms with Crippen LogP contribution in [0.25, 0.3) is 0 Å². The van der Waals surface area contributed by atoms with Crippen molar-refractivity contribution in [2.75, 3.05) is 6.26 Å². The van der Waals surface area contributed by atoms with Gasteiger partial charge in [0.05, 0.1) is 12.0 Å². The lowest BCUT2D eigenvalue weighted by Gasteiger charge is -2.01. The zero-order valence-electron chi connectivity index (χ0n) is 6.43. The Kier molecular flexibility index (Phi) is 2.76. The van der Waals surface area contributed by atoms with E-state index in [9.17, 15) is 4.39 Å². The number of halogens is 1. The number of rotatable bonds is 2. The summed E-state index contributed by atoms with van der Waals surface area (Å²) in [5.74, 6) is 0.495. The second-order valence-corrected chi connectivity index (χ2v) is 2.66. The average Bonchev–Trinajstić information content (AvgIpc) is 1.98. The van der Waals surface area contributed by atoms with Crippen molar-refractivity contribution in [1.29, 1.82) is 0 Å². The number of aryl methyl sites for hydroxylation is 1. The fraction of sp³-hybridized carbons (Fsp3) is 0.250. The highest BCUT2D eigenvalue weighted by Crippen LogP contribution is 2.18. The van der Waals surface area contributed by atoms with E-state index in [1.54, 1.807) is 19.1 Å². The molecule has 0 aliphatic rings. The van der Waals surface area contributed by atoms with Crippen LogP contribution in [0, 0.1) is 12.7 Å². The molecule has 0 atom stereocenters. The quantitative estimate of drug-likeness (QED) is 0.634. The smallest absolute Gasteiger partial charge is 0.137 e. The minimum atomic E-state index is -0.196. The average molecular weight is 172 g/mol. The van der Waals surface area contributed by atoms with E-state index < -0.39 is 0 Å². The number of hydrogen-bond acceptors (Lipinski definition) is 2. The minimum absolute atomic E-state index is 0.196. The van der Waals surface area contributed by atoms with Crippen LogP contribution in [0.1, 0.15) is 5.56 Å². The van der Waals surface area contributed by atoms with Crippen LogP contribution < -0.4 is 4.18 Å². The van der Waals surface area contributed by atoms with Crippen LogP contribution in [-0.2, 0) is 0 Å². The summed E-state index contributed by atoms with van der Waals surface area (Å²) in [4.78, 5) is 0. The van der Waals surface area contributed by atoms with Crippen LogP contribution in [0.3, 0.4) is 0 Å². The van der Waals surface area contributed by atoms with Gasteiger partial charge in [0.25, 0.3) is 0 Å². The Balaban J connectivity index is 2.86. The summed E-state index contributed by atoms with van der Waals surface area (Å²) in [6, 6.07) is 4.69. The van der Waals surface area contributed by atoms with Crippen LogP contribution >= 0.6 is 12.0 Å². The summed E-state index contributed by atoms with van der Waals surface area (Å²) in [5, 5.41) is 0. The van der Waals surface area contributed by atoms with E-state index in [0.717, 1.165) is 0 Å². The van der Waals surface area contributed by atoms with Crippen molar-refractivity contribution in [3.8, 4) is 5.75 Å². The van der Waals surface area contributed by atoms with Crippen molar-refractivity contribution in [1.82, 2.24) is 0 Å². The summed E-state index contributed by atoms with van der Waals surface area (Å²) in [5.41, 5.74) is 0.608. The molecule has 0 aliphatic carbocycles. The lowest BCUT2D eigenvalue weighted by molar-refractivity contribution is 0.605. The van der Waals surface area contributed by atoms with Gasteiger partial charge in [-0.25, -0.2) is 4.39 Å². The third kappa shape index (κ3) is 2.12. The van der Waals surface area contributed by atoms with Crippen molar-refractivity contribution >= 4 is 12.0 Å². The Morgan fingerprint density at radius 1 is 1.45 bits per heavy atom. The van der Waals surface area contributed by atoms with Crippen LogP contribution in [0.4, 0.5) is 4.39 Å². The Morgan fingerprint density at radius 3 is 2.73 bits per heavy atom. The maximum atomic E-state index is 12.7. The van der Waals surface area contributed by atoms with Crippen LogP contribution in [-0.4, -0.2) is 6.26 Å². The molecule has 0 saturated carbocycles. The van der Waals surface area contributed by atoms with Gasteiger partial charge in [-0.2, -0.15) is 0 Å². The van der Waals surface area contributed by atoms with E-state index in [1.165, 1.54) is 18.1 Å². The van der Waals surface area contributed by atoms with Crippen LogP contribution in [0.2, 0.25) is 0 Å². The molecule has 3 heteroatoms. The maximum Gasteiger partial charge on any atom is 0.137 e. The first kappa shape index (κ1) is 8.40. The van der Waals surface area contributed by atoms with Crippen LogP contribution in [0.15, 0.2) is 18.2 Å². The first-order chi connectivity index (χ1) is 5.24. The second-order valence-electron chi connectivity index (χ2n) is 2.16. The summed E-state index contributed by atoms with van der Waals surface area (Å²) in [6.45, 7) is 1.71. The Morgan fingerprint density at radius 2 is 2.18 bits per heavy atom. The van der Waals surface area contributed by atoms with Crippen LogP contribution in [0.5, 0.6) is 5.75 Å². The standard InChI is InChI=1S/C8H9FOS/c1-6-5-7(10-11-2)3-4-8(6)9/h3-5H,1-2H3. The molecule has 0 fully saturated rings. The van der Waals surface area contributed by atoms with Gasteiger partial charge in [0.2, 0.25) is 0 Å². The van der Waals surface area contributed by atoms with Gasteiger partial charge in [-0.05, 0) is 30.7 Å². The highest BCUT2D eigenvalue weighted by molar-refractivity contribution is 7.94. The molecule has 11 heavy (non-hydrogen) atoms. The van der Waals surface area contributed by atoms with Gasteiger partial charge in [-0.15, -0.1) is 0 Å². The molecule has 0 N–H and O–H groups in total. The van der Waals surface area contributed by atoms with Crippen molar-refractivity contribution < 1.29 is 8.57 Å². The number of benzene rings is 1. The molecule has 1 rings (SSSR count). The van der Waals surface area contributed by atoms with E-state index >= 15 is 0 Å². The first-order valence-corrected chi connectivity index (χ1v) is 4.36. The van der Waals surface area contributed by atoms with Crippen molar-refractivity contribution in [2.24, 2.45) is 0 Å². The zero-order chi connectivity index (χ0) is 8.27. The molecule has 0 saturated heterocycles. The molecule has 0 heterocycles. The van der Waals surface area contributed by atoms with Gasteiger partial charge < -0.3 is 4.18 Å². The summed E-state index contributed by atoms with van der Waals surface area (Å²) in [6.07, 6.45) is 1.82. The molecule has 1 aromatic carbocycles. The molecular weight excluding hydrogens is 163 g/mol. The second kappa shape index (κ2) is 3.62. The fourth-order valence-electron chi connectivity index (χ4n) is 0.765. The van der Waals surface area contributed by atoms with Crippen molar-refractivity contribution in [3.63, 3.8) is 0 Å². The van der Waals surface area contributed by atoms with Gasteiger partial charge in [-0.1, -0.05) is 0 Å². The SMILES string of the molecule is CSOc1ccc(F)c(C)c1. The maximum absolute atomic E-state index is 12.7. The topological polar surface area (TPSA) is 9.23 Å². The summed E-state index contributed by atoms with van der Waals surface area (Å²) >= 11 is 1.25. The monoisotopic (exact) mass is 172 g/mol. The summed E-state index contributed by atoms with van der Waals surface area (Å²) in [7, 11) is 0. The molecule has 0 unspecified atom stereocenters. The molecule has 0 aliphatic heterocycles. The lowest BCUT2D eigenvalue weighted by atomic mass is 10.2. The first-order valence-electron chi connectivity index (χ1n) is 3.21. The molecule has 1 nitrogen and oxygen atoms in total. The predicted octanol–water partition coefficient (Wildman–Crippen LogP) is 2.79. The van der Waals surface area contributed by atoms with E-state index in [0.29, 0.717) is 11.3 Å². The minimum Gasteiger partial charge on any atom is -0.426 e. The van der Waals surface area contributed by atoms with Gasteiger partial charge in [-0.3, -0.25) is 0 Å². The Bertz CT molecular complexity index is 250. The Hall–Kier alpha value is -0.700. The van der Waals surface area contributed by atoms with E-state index in [1.807, 2.05) is 6.26 Å². The molecule has 0 amide bonds. The highest BCUT2D eigenvalue weighted by atomic mass is 32.2. The number of hydrogen-bond donors (Lipinski definition) is 0. The van der Waals surface area contributed by atoms with E-state index in [4.69, 9.17) is 4.18 Å². The fourth-order valence-corrected chi connectivity index (χ4v) is 1.06. The third-order valence-electron chi connectivity index (χ3n) is 1.31. The highest BCUT2D eigenvalue weighted by Gasteiger charge is 1.98. The van der Waals surface area contributed by atoms with Gasteiger partial charge in [0.15, 0.2) is 0 Å². The van der Waals surface area contributed by atoms with Crippen molar-refractivity contribution in [3.05, 3.63) is 29.6 Å². The molecule has 60 valence electrons. The van der Waals surface area contributed by atoms with Crippen molar-refractivity contribution in [2.45, 2.75) is 6.92 Å². The van der Waals surface area contributed by atoms with Gasteiger partial charge in [0, 0.05) is 6.26 Å². The predicted molar refractivity (Wildman–Crippen MR) is 45.3 cm³/mol.